The van der Waals surface area contributed by atoms with Crippen LogP contribution in [-0.2, 0) is 20.2 Å². The van der Waals surface area contributed by atoms with Gasteiger partial charge in [-0.3, -0.25) is 9.11 Å². The first-order valence-electron chi connectivity index (χ1n) is 4.22. The molecule has 0 bridgehead atoms. The van der Waals surface area contributed by atoms with Gasteiger partial charge in [0.2, 0.25) is 0 Å². The molecule has 0 saturated carbocycles. The van der Waals surface area contributed by atoms with Gasteiger partial charge in [-0.1, -0.05) is 21.6 Å². The molecule has 2 unspecified atom stereocenters. The zero-order valence-corrected chi connectivity index (χ0v) is 12.0. The Balaban J connectivity index is 3.87. The molecular weight excluding hydrogens is 296 g/mol. The molecule has 2 atom stereocenters. The molecule has 0 spiro atoms. The minimum atomic E-state index is -4.03. The fraction of sp³-hybridized carbons (Fsp3) is 1.00. The normalized spacial score (nSPS) is 17.0. The van der Waals surface area contributed by atoms with Crippen LogP contribution in [0.1, 0.15) is 13.8 Å². The van der Waals surface area contributed by atoms with E-state index >= 15 is 0 Å². The summed E-state index contributed by atoms with van der Waals surface area (Å²) in [6.07, 6.45) is 0. The monoisotopic (exact) mass is 310 g/mol. The van der Waals surface area contributed by atoms with Crippen molar-refractivity contribution in [2.75, 3.05) is 11.5 Å². The first-order valence-corrected chi connectivity index (χ1v) is 9.71. The van der Waals surface area contributed by atoms with Crippen molar-refractivity contribution in [3.63, 3.8) is 0 Å². The molecule has 16 heavy (non-hydrogen) atoms. The van der Waals surface area contributed by atoms with Crippen molar-refractivity contribution in [1.29, 1.82) is 0 Å². The van der Waals surface area contributed by atoms with E-state index in [4.69, 9.17) is 9.11 Å². The highest BCUT2D eigenvalue weighted by Crippen LogP contribution is 2.25. The van der Waals surface area contributed by atoms with Gasteiger partial charge in [0.15, 0.2) is 0 Å². The van der Waals surface area contributed by atoms with Gasteiger partial charge in [0.1, 0.15) is 0 Å². The molecule has 2 N–H and O–H groups in total. The van der Waals surface area contributed by atoms with E-state index in [0.717, 1.165) is 21.6 Å². The SMILES string of the molecule is CC(CSSCC(C)S(=O)(=O)O)S(=O)(=O)O. The highest BCUT2D eigenvalue weighted by Gasteiger charge is 2.19. The lowest BCUT2D eigenvalue weighted by Gasteiger charge is -2.09. The summed E-state index contributed by atoms with van der Waals surface area (Å²) in [6, 6.07) is 0. The van der Waals surface area contributed by atoms with Gasteiger partial charge in [-0.05, 0) is 13.8 Å². The summed E-state index contributed by atoms with van der Waals surface area (Å²) in [4.78, 5) is 0. The second-order valence-electron chi connectivity index (χ2n) is 3.22. The van der Waals surface area contributed by atoms with Crippen LogP contribution < -0.4 is 0 Å². The largest absolute Gasteiger partial charge is 0.285 e. The molecule has 0 amide bonds. The summed E-state index contributed by atoms with van der Waals surface area (Å²) >= 11 is 0. The Hall–Kier alpha value is 0.520. The third-order valence-electron chi connectivity index (χ3n) is 1.71. The first-order chi connectivity index (χ1) is 7.05. The zero-order chi connectivity index (χ0) is 13.0. The van der Waals surface area contributed by atoms with Crippen molar-refractivity contribution in [3.8, 4) is 0 Å². The van der Waals surface area contributed by atoms with Crippen LogP contribution in [0.2, 0.25) is 0 Å². The summed E-state index contributed by atoms with van der Waals surface area (Å²) in [7, 11) is -5.80. The van der Waals surface area contributed by atoms with E-state index in [1.54, 1.807) is 0 Å². The Kier molecular flexibility index (Phi) is 6.66. The summed E-state index contributed by atoms with van der Waals surface area (Å²) in [6.45, 7) is 2.71. The van der Waals surface area contributed by atoms with Gasteiger partial charge >= 0.3 is 0 Å². The van der Waals surface area contributed by atoms with Crippen molar-refractivity contribution in [1.82, 2.24) is 0 Å². The van der Waals surface area contributed by atoms with Crippen molar-refractivity contribution in [2.45, 2.75) is 24.3 Å². The molecule has 6 nitrogen and oxygen atoms in total. The molecule has 0 heterocycles. The minimum Gasteiger partial charge on any atom is -0.285 e. The average molecular weight is 310 g/mol. The molecule has 0 saturated heterocycles. The van der Waals surface area contributed by atoms with E-state index in [0.29, 0.717) is 0 Å². The lowest BCUT2D eigenvalue weighted by atomic mass is 10.6. The third kappa shape index (κ3) is 6.97. The Bertz CT molecular complexity index is 359. The van der Waals surface area contributed by atoms with Crippen LogP contribution in [0.15, 0.2) is 0 Å². The van der Waals surface area contributed by atoms with Crippen LogP contribution in [0.25, 0.3) is 0 Å². The third-order valence-corrected chi connectivity index (χ3v) is 7.25. The minimum absolute atomic E-state index is 0.154. The second-order valence-corrected chi connectivity index (χ2v) is 9.44. The predicted molar refractivity (Wildman–Crippen MR) is 66.9 cm³/mol. The van der Waals surface area contributed by atoms with Crippen LogP contribution in [-0.4, -0.2) is 47.9 Å². The Labute approximate surface area is 103 Å². The highest BCUT2D eigenvalue weighted by molar-refractivity contribution is 8.76. The quantitative estimate of drug-likeness (QED) is 0.406. The molecule has 98 valence electrons. The maximum Gasteiger partial charge on any atom is 0.268 e. The summed E-state index contributed by atoms with van der Waals surface area (Å²) in [5.41, 5.74) is 0. The Morgan fingerprint density at radius 3 is 1.31 bits per heavy atom. The summed E-state index contributed by atoms with van der Waals surface area (Å²) < 4.78 is 59.7. The van der Waals surface area contributed by atoms with Gasteiger partial charge in [0, 0.05) is 11.5 Å². The van der Waals surface area contributed by atoms with E-state index in [1.165, 1.54) is 13.8 Å². The van der Waals surface area contributed by atoms with Crippen LogP contribution in [0.5, 0.6) is 0 Å². The fourth-order valence-corrected chi connectivity index (χ4v) is 5.14. The first kappa shape index (κ1) is 16.5. The van der Waals surface area contributed by atoms with E-state index in [1.807, 2.05) is 0 Å². The molecule has 0 fully saturated rings. The second kappa shape index (κ2) is 6.45. The van der Waals surface area contributed by atoms with E-state index in [2.05, 4.69) is 0 Å². The van der Waals surface area contributed by atoms with Crippen molar-refractivity contribution >= 4 is 41.8 Å². The van der Waals surface area contributed by atoms with Crippen molar-refractivity contribution in [3.05, 3.63) is 0 Å². The van der Waals surface area contributed by atoms with Crippen LogP contribution >= 0.6 is 21.6 Å². The standard InChI is InChI=1S/C6H14O6S4/c1-5(15(7,8)9)3-13-14-4-6(2)16(10,11)12/h5-6H,3-4H2,1-2H3,(H,7,8,9)(H,10,11,12). The highest BCUT2D eigenvalue weighted by atomic mass is 33.1. The van der Waals surface area contributed by atoms with E-state index in [-0.39, 0.29) is 11.5 Å². The molecule has 10 heteroatoms. The van der Waals surface area contributed by atoms with E-state index < -0.39 is 30.7 Å². The number of hydrogen-bond donors (Lipinski definition) is 2. The summed E-state index contributed by atoms with van der Waals surface area (Å²) in [5, 5.41) is -1.79. The van der Waals surface area contributed by atoms with E-state index in [9.17, 15) is 16.8 Å². The van der Waals surface area contributed by atoms with Gasteiger partial charge in [-0.15, -0.1) is 0 Å². The summed E-state index contributed by atoms with van der Waals surface area (Å²) in [5.74, 6) is 0.309. The molecule has 0 radical (unpaired) electrons. The van der Waals surface area contributed by atoms with Crippen LogP contribution in [0.3, 0.4) is 0 Å². The van der Waals surface area contributed by atoms with Gasteiger partial charge < -0.3 is 0 Å². The Morgan fingerprint density at radius 2 is 1.12 bits per heavy atom. The molecule has 0 aliphatic carbocycles. The topological polar surface area (TPSA) is 109 Å². The lowest BCUT2D eigenvalue weighted by molar-refractivity contribution is 0.472. The van der Waals surface area contributed by atoms with Gasteiger partial charge in [0.25, 0.3) is 20.2 Å². The van der Waals surface area contributed by atoms with Crippen LogP contribution in [0, 0.1) is 0 Å². The number of hydrogen-bond acceptors (Lipinski definition) is 6. The molecule has 0 aromatic rings. The molecule has 0 aromatic carbocycles. The zero-order valence-electron chi connectivity index (χ0n) is 8.73. The maximum absolute atomic E-state index is 10.6. The van der Waals surface area contributed by atoms with Crippen LogP contribution in [0.4, 0.5) is 0 Å². The van der Waals surface area contributed by atoms with Crippen molar-refractivity contribution in [2.24, 2.45) is 0 Å². The predicted octanol–water partition coefficient (Wildman–Crippen LogP) is 0.920. The fourth-order valence-electron chi connectivity index (χ4n) is 0.460. The van der Waals surface area contributed by atoms with Crippen molar-refractivity contribution < 1.29 is 25.9 Å². The van der Waals surface area contributed by atoms with Gasteiger partial charge in [0.05, 0.1) is 10.5 Å². The molecule has 0 aromatic heterocycles. The molecule has 0 rings (SSSR count). The maximum atomic E-state index is 10.6. The van der Waals surface area contributed by atoms with Gasteiger partial charge in [-0.25, -0.2) is 0 Å². The molecular formula is C6H14O6S4. The lowest BCUT2D eigenvalue weighted by Crippen LogP contribution is -2.20. The number of rotatable bonds is 7. The average Bonchev–Trinajstić information content (AvgIpc) is 2.08. The Morgan fingerprint density at radius 1 is 0.875 bits per heavy atom. The molecule has 0 aliphatic heterocycles. The van der Waals surface area contributed by atoms with Gasteiger partial charge in [-0.2, -0.15) is 16.8 Å². The molecule has 0 aliphatic rings. The smallest absolute Gasteiger partial charge is 0.268 e.